The highest BCUT2D eigenvalue weighted by Crippen LogP contribution is 2.46. The summed E-state index contributed by atoms with van der Waals surface area (Å²) in [4.78, 5) is 25.6. The molecule has 5 nitrogen and oxygen atoms in total. The van der Waals surface area contributed by atoms with Crippen LogP contribution in [-0.2, 0) is 15.8 Å². The number of hydrogen-bond donors (Lipinski definition) is 1. The normalized spacial score (nSPS) is 21.2. The van der Waals surface area contributed by atoms with Crippen LogP contribution in [0.4, 0.5) is 13.2 Å². The maximum absolute atomic E-state index is 13.6. The number of allylic oxidation sites excluding steroid dienone is 2. The van der Waals surface area contributed by atoms with Crippen LogP contribution in [0.1, 0.15) is 47.8 Å². The van der Waals surface area contributed by atoms with E-state index in [4.69, 9.17) is 9.47 Å². The van der Waals surface area contributed by atoms with Gasteiger partial charge in [0, 0.05) is 30.0 Å². The third-order valence-electron chi connectivity index (χ3n) is 6.06. The van der Waals surface area contributed by atoms with Crippen molar-refractivity contribution in [2.24, 2.45) is 0 Å². The first-order valence-electron chi connectivity index (χ1n) is 10.2. The molecule has 0 radical (unpaired) electrons. The molecule has 2 aromatic carbocycles. The third kappa shape index (κ3) is 3.97. The van der Waals surface area contributed by atoms with Gasteiger partial charge in [0.15, 0.2) is 17.3 Å². The second-order valence-electron chi connectivity index (χ2n) is 7.92. The Morgan fingerprint density at radius 1 is 0.938 bits per heavy atom. The van der Waals surface area contributed by atoms with Gasteiger partial charge in [-0.25, -0.2) is 0 Å². The predicted octanol–water partition coefficient (Wildman–Crippen LogP) is 4.73. The molecule has 1 aliphatic carbocycles. The lowest BCUT2D eigenvalue weighted by Gasteiger charge is -2.35. The van der Waals surface area contributed by atoms with Crippen molar-refractivity contribution in [3.63, 3.8) is 0 Å². The van der Waals surface area contributed by atoms with Crippen molar-refractivity contribution in [1.82, 2.24) is 5.32 Å². The Balaban J connectivity index is 1.74. The van der Waals surface area contributed by atoms with Crippen molar-refractivity contribution in [2.75, 3.05) is 14.2 Å². The molecule has 2 atom stereocenters. The molecule has 2 aliphatic rings. The Bertz CT molecular complexity index is 1110. The SMILES string of the molecule is COc1ccc([C@H]2CC(=O)C3=C(C2)NC(=O)C[C@@H]3c2ccccc2C(F)(F)F)cc1OC. The number of carbonyl (C=O) groups is 2. The van der Waals surface area contributed by atoms with Crippen LogP contribution in [0.15, 0.2) is 53.7 Å². The monoisotopic (exact) mass is 445 g/mol. The summed E-state index contributed by atoms with van der Waals surface area (Å²) >= 11 is 0. The zero-order valence-electron chi connectivity index (χ0n) is 17.6. The number of amides is 1. The fraction of sp³-hybridized carbons (Fsp3) is 0.333. The maximum Gasteiger partial charge on any atom is 0.416 e. The summed E-state index contributed by atoms with van der Waals surface area (Å²) in [5.74, 6) is -0.747. The van der Waals surface area contributed by atoms with Crippen LogP contribution >= 0.6 is 0 Å². The number of alkyl halides is 3. The minimum absolute atomic E-state index is 0.0414. The first kappa shape index (κ1) is 21.9. The second kappa shape index (κ2) is 8.33. The van der Waals surface area contributed by atoms with E-state index >= 15 is 0 Å². The van der Waals surface area contributed by atoms with Gasteiger partial charge in [0.1, 0.15) is 0 Å². The number of ketones is 1. The van der Waals surface area contributed by atoms with E-state index in [2.05, 4.69) is 5.32 Å². The Hall–Kier alpha value is -3.29. The van der Waals surface area contributed by atoms with Crippen molar-refractivity contribution >= 4 is 11.7 Å². The lowest BCUT2D eigenvalue weighted by molar-refractivity contribution is -0.138. The first-order valence-corrected chi connectivity index (χ1v) is 10.2. The number of Topliss-reactive ketones (excluding diaryl/α,β-unsaturated/α-hetero) is 1. The lowest BCUT2D eigenvalue weighted by atomic mass is 9.72. The number of methoxy groups -OCH3 is 2. The number of ether oxygens (including phenoxy) is 2. The highest BCUT2D eigenvalue weighted by atomic mass is 19.4. The average Bonchev–Trinajstić information content (AvgIpc) is 2.77. The van der Waals surface area contributed by atoms with Crippen LogP contribution < -0.4 is 14.8 Å². The van der Waals surface area contributed by atoms with Gasteiger partial charge in [0.25, 0.3) is 0 Å². The molecule has 0 unspecified atom stereocenters. The standard InChI is InChI=1S/C24H22F3NO4/c1-31-20-8-7-13(11-21(20)32-2)14-9-18-23(19(29)10-14)16(12-22(30)28-18)15-5-3-4-6-17(15)24(25,26)27/h3-8,11,14,16H,9-10,12H2,1-2H3,(H,28,30)/t14-,16-/m1/s1. The summed E-state index contributed by atoms with van der Waals surface area (Å²) in [6, 6.07) is 10.5. The van der Waals surface area contributed by atoms with Crippen LogP contribution in [0.2, 0.25) is 0 Å². The summed E-state index contributed by atoms with van der Waals surface area (Å²) in [5.41, 5.74) is 0.647. The molecule has 1 heterocycles. The predicted molar refractivity (Wildman–Crippen MR) is 110 cm³/mol. The van der Waals surface area contributed by atoms with Crippen LogP contribution in [0, 0.1) is 0 Å². The molecule has 32 heavy (non-hydrogen) atoms. The number of carbonyl (C=O) groups excluding carboxylic acids is 2. The smallest absolute Gasteiger partial charge is 0.416 e. The molecule has 0 aromatic heterocycles. The molecule has 8 heteroatoms. The number of nitrogens with one attached hydrogen (secondary N) is 1. The van der Waals surface area contributed by atoms with E-state index in [0.29, 0.717) is 23.6 Å². The first-order chi connectivity index (χ1) is 15.2. The molecule has 0 bridgehead atoms. The average molecular weight is 445 g/mol. The maximum atomic E-state index is 13.6. The molecule has 0 fully saturated rings. The molecule has 1 N–H and O–H groups in total. The molecule has 1 aliphatic heterocycles. The van der Waals surface area contributed by atoms with Gasteiger partial charge in [-0.2, -0.15) is 13.2 Å². The highest BCUT2D eigenvalue weighted by molar-refractivity contribution is 6.02. The van der Waals surface area contributed by atoms with Gasteiger partial charge in [0.05, 0.1) is 19.8 Å². The van der Waals surface area contributed by atoms with E-state index in [9.17, 15) is 22.8 Å². The van der Waals surface area contributed by atoms with Gasteiger partial charge in [0.2, 0.25) is 5.91 Å². The van der Waals surface area contributed by atoms with E-state index in [1.54, 1.807) is 12.1 Å². The highest BCUT2D eigenvalue weighted by Gasteiger charge is 2.42. The largest absolute Gasteiger partial charge is 0.493 e. The van der Waals surface area contributed by atoms with Crippen LogP contribution in [0.3, 0.4) is 0 Å². The number of benzene rings is 2. The van der Waals surface area contributed by atoms with Crippen molar-refractivity contribution in [3.8, 4) is 11.5 Å². The molecule has 0 saturated carbocycles. The zero-order valence-corrected chi connectivity index (χ0v) is 17.6. The minimum atomic E-state index is -4.58. The second-order valence-corrected chi connectivity index (χ2v) is 7.92. The van der Waals surface area contributed by atoms with Crippen molar-refractivity contribution in [2.45, 2.75) is 37.3 Å². The molecule has 4 rings (SSSR count). The Morgan fingerprint density at radius 3 is 2.34 bits per heavy atom. The van der Waals surface area contributed by atoms with Crippen molar-refractivity contribution < 1.29 is 32.2 Å². The summed E-state index contributed by atoms with van der Waals surface area (Å²) < 4.78 is 51.4. The minimum Gasteiger partial charge on any atom is -0.493 e. The summed E-state index contributed by atoms with van der Waals surface area (Å²) in [6.45, 7) is 0. The van der Waals surface area contributed by atoms with Crippen LogP contribution in [0.25, 0.3) is 0 Å². The summed E-state index contributed by atoms with van der Waals surface area (Å²) in [6.07, 6.45) is -4.30. The zero-order chi connectivity index (χ0) is 23.0. The molecule has 0 saturated heterocycles. The van der Waals surface area contributed by atoms with Gasteiger partial charge in [-0.3, -0.25) is 9.59 Å². The van der Waals surface area contributed by atoms with Gasteiger partial charge in [-0.05, 0) is 41.7 Å². The third-order valence-corrected chi connectivity index (χ3v) is 6.06. The Labute approximate surface area is 183 Å². The van der Waals surface area contributed by atoms with E-state index in [1.807, 2.05) is 6.07 Å². The summed E-state index contributed by atoms with van der Waals surface area (Å²) in [7, 11) is 3.04. The van der Waals surface area contributed by atoms with Gasteiger partial charge in [-0.15, -0.1) is 0 Å². The van der Waals surface area contributed by atoms with Crippen molar-refractivity contribution in [1.29, 1.82) is 0 Å². The number of halogens is 3. The van der Waals surface area contributed by atoms with Crippen molar-refractivity contribution in [3.05, 3.63) is 70.4 Å². The van der Waals surface area contributed by atoms with E-state index < -0.39 is 23.6 Å². The number of rotatable bonds is 4. The molecule has 0 spiro atoms. The molecule has 1 amide bonds. The molecule has 168 valence electrons. The topological polar surface area (TPSA) is 64.6 Å². The quantitative estimate of drug-likeness (QED) is 0.739. The van der Waals surface area contributed by atoms with Gasteiger partial charge < -0.3 is 14.8 Å². The Morgan fingerprint density at radius 2 is 1.66 bits per heavy atom. The Kier molecular flexibility index (Phi) is 5.71. The fourth-order valence-electron chi connectivity index (χ4n) is 4.63. The van der Waals surface area contributed by atoms with Gasteiger partial charge in [-0.1, -0.05) is 24.3 Å². The lowest BCUT2D eigenvalue weighted by Crippen LogP contribution is -2.38. The van der Waals surface area contributed by atoms with Gasteiger partial charge >= 0.3 is 6.18 Å². The molecular formula is C24H22F3NO4. The van der Waals surface area contributed by atoms with Crippen LogP contribution in [-0.4, -0.2) is 25.9 Å². The molecule has 2 aromatic rings. The van der Waals surface area contributed by atoms with Crippen LogP contribution in [0.5, 0.6) is 11.5 Å². The van der Waals surface area contributed by atoms with E-state index in [1.165, 1.54) is 32.4 Å². The van der Waals surface area contributed by atoms with E-state index in [-0.39, 0.29) is 35.7 Å². The fourth-order valence-corrected chi connectivity index (χ4v) is 4.63. The molecular weight excluding hydrogens is 423 g/mol. The number of hydrogen-bond acceptors (Lipinski definition) is 4. The summed E-state index contributed by atoms with van der Waals surface area (Å²) in [5, 5.41) is 2.74. The van der Waals surface area contributed by atoms with E-state index in [0.717, 1.165) is 11.6 Å².